The van der Waals surface area contributed by atoms with Gasteiger partial charge in [-0.2, -0.15) is 0 Å². The van der Waals surface area contributed by atoms with Gasteiger partial charge in [0.05, 0.1) is 11.4 Å². The molecule has 1 aliphatic rings. The molecular formula is C61H43NS. The summed E-state index contributed by atoms with van der Waals surface area (Å²) in [5.41, 5.74) is 18.3. The summed E-state index contributed by atoms with van der Waals surface area (Å²) in [6, 6.07) is 83.0. The average molecular weight is 822 g/mol. The number of benzene rings is 10. The topological polar surface area (TPSA) is 3.24 Å². The van der Waals surface area contributed by atoms with Gasteiger partial charge in [-0.3, -0.25) is 0 Å². The highest BCUT2D eigenvalue weighted by Gasteiger charge is 2.35. The van der Waals surface area contributed by atoms with Crippen LogP contribution in [0.25, 0.3) is 86.6 Å². The largest absolute Gasteiger partial charge is 0.309 e. The van der Waals surface area contributed by atoms with E-state index >= 15 is 0 Å². The van der Waals surface area contributed by atoms with Crippen molar-refractivity contribution in [3.05, 3.63) is 236 Å². The van der Waals surface area contributed by atoms with Crippen LogP contribution >= 0.6 is 11.3 Å². The van der Waals surface area contributed by atoms with E-state index in [1.54, 1.807) is 0 Å². The zero-order chi connectivity index (χ0) is 42.1. The third-order valence-corrected chi connectivity index (χ3v) is 14.4. The smallest absolute Gasteiger partial charge is 0.0540 e. The highest BCUT2D eigenvalue weighted by atomic mass is 32.1. The fourth-order valence-electron chi connectivity index (χ4n) is 10.3. The van der Waals surface area contributed by atoms with Crippen molar-refractivity contribution in [2.24, 2.45) is 0 Å². The van der Waals surface area contributed by atoms with Crippen molar-refractivity contribution in [1.82, 2.24) is 0 Å². The maximum Gasteiger partial charge on any atom is 0.0540 e. The summed E-state index contributed by atoms with van der Waals surface area (Å²) in [6.45, 7) is 4.74. The summed E-state index contributed by atoms with van der Waals surface area (Å²) >= 11 is 1.87. The van der Waals surface area contributed by atoms with Crippen molar-refractivity contribution in [2.45, 2.75) is 19.3 Å². The van der Waals surface area contributed by atoms with Crippen molar-refractivity contribution >= 4 is 59.3 Å². The monoisotopic (exact) mass is 821 g/mol. The molecule has 0 atom stereocenters. The van der Waals surface area contributed by atoms with E-state index in [-0.39, 0.29) is 5.41 Å². The number of rotatable bonds is 7. The number of anilines is 3. The molecule has 2 heteroatoms. The minimum atomic E-state index is -0.116. The van der Waals surface area contributed by atoms with Crippen molar-refractivity contribution in [2.75, 3.05) is 4.90 Å². The van der Waals surface area contributed by atoms with Crippen LogP contribution in [0.2, 0.25) is 0 Å². The van der Waals surface area contributed by atoms with E-state index in [1.807, 2.05) is 11.3 Å². The molecule has 0 N–H and O–H groups in total. The summed E-state index contributed by atoms with van der Waals surface area (Å²) in [7, 11) is 0. The standard InChI is InChI=1S/C61H43NS/c1-61(2)53-31-10-6-25-48(53)49-37-36-43(39-54(49)61)45-24-7-11-32-55(45)62(44-23-14-22-42(38-44)47-29-17-35-58-60(47)52-27-9-13-34-57(52)63-58)56-33-12-8-26-50(56)51-30-16-21-41-20-15-28-46(59(41)51)40-18-4-3-5-19-40/h3-39H,1-2H3. The molecule has 63 heavy (non-hydrogen) atoms. The second kappa shape index (κ2) is 14.8. The molecule has 1 heterocycles. The molecule has 0 bridgehead atoms. The third kappa shape index (κ3) is 6.05. The zero-order valence-electron chi connectivity index (χ0n) is 35.2. The Morgan fingerprint density at radius 2 is 0.905 bits per heavy atom. The van der Waals surface area contributed by atoms with Gasteiger partial charge in [0, 0.05) is 42.4 Å². The lowest BCUT2D eigenvalue weighted by Gasteiger charge is -2.31. The van der Waals surface area contributed by atoms with Crippen LogP contribution in [0.4, 0.5) is 17.1 Å². The number of hydrogen-bond donors (Lipinski definition) is 0. The summed E-state index contributed by atoms with van der Waals surface area (Å²) in [5.74, 6) is 0. The highest BCUT2D eigenvalue weighted by molar-refractivity contribution is 7.25. The summed E-state index contributed by atoms with van der Waals surface area (Å²) in [6.07, 6.45) is 0. The average Bonchev–Trinajstić information content (AvgIpc) is 3.84. The number of nitrogens with zero attached hydrogens (tertiary/aromatic N) is 1. The fraction of sp³-hybridized carbons (Fsp3) is 0.0492. The van der Waals surface area contributed by atoms with Crippen LogP contribution in [0.15, 0.2) is 224 Å². The van der Waals surface area contributed by atoms with Gasteiger partial charge < -0.3 is 4.90 Å². The van der Waals surface area contributed by atoms with E-state index in [1.165, 1.54) is 97.7 Å². The van der Waals surface area contributed by atoms with Gasteiger partial charge in [-0.05, 0) is 109 Å². The molecule has 12 rings (SSSR count). The van der Waals surface area contributed by atoms with Crippen LogP contribution < -0.4 is 4.90 Å². The van der Waals surface area contributed by atoms with Gasteiger partial charge in [-0.15, -0.1) is 11.3 Å². The summed E-state index contributed by atoms with van der Waals surface area (Å²) in [5, 5.41) is 5.08. The Kier molecular flexibility index (Phi) is 8.77. The minimum Gasteiger partial charge on any atom is -0.309 e. The van der Waals surface area contributed by atoms with Crippen LogP contribution in [0.3, 0.4) is 0 Å². The second-order valence-corrected chi connectivity index (χ2v) is 18.3. The molecule has 0 saturated carbocycles. The molecule has 11 aromatic rings. The normalized spacial score (nSPS) is 12.7. The lowest BCUT2D eigenvalue weighted by atomic mass is 9.81. The molecular weight excluding hydrogens is 779 g/mol. The molecule has 0 unspecified atom stereocenters. The number of para-hydroxylation sites is 2. The van der Waals surface area contributed by atoms with Gasteiger partial charge >= 0.3 is 0 Å². The Morgan fingerprint density at radius 1 is 0.349 bits per heavy atom. The molecule has 0 spiro atoms. The van der Waals surface area contributed by atoms with Crippen LogP contribution in [0, 0.1) is 0 Å². The van der Waals surface area contributed by atoms with E-state index in [4.69, 9.17) is 0 Å². The molecule has 0 amide bonds. The van der Waals surface area contributed by atoms with E-state index in [0.29, 0.717) is 0 Å². The predicted octanol–water partition coefficient (Wildman–Crippen LogP) is 17.7. The van der Waals surface area contributed by atoms with Crippen LogP contribution in [0.1, 0.15) is 25.0 Å². The number of thiophene rings is 1. The molecule has 0 aliphatic heterocycles. The highest BCUT2D eigenvalue weighted by Crippen LogP contribution is 2.52. The number of hydrogen-bond acceptors (Lipinski definition) is 2. The van der Waals surface area contributed by atoms with Crippen molar-refractivity contribution < 1.29 is 0 Å². The Labute approximate surface area is 372 Å². The first-order valence-electron chi connectivity index (χ1n) is 21.8. The Balaban J connectivity index is 1.11. The van der Waals surface area contributed by atoms with Gasteiger partial charge in [0.2, 0.25) is 0 Å². The first kappa shape index (κ1) is 37.3. The first-order chi connectivity index (χ1) is 31.0. The van der Waals surface area contributed by atoms with E-state index in [0.717, 1.165) is 17.1 Å². The summed E-state index contributed by atoms with van der Waals surface area (Å²) in [4.78, 5) is 2.51. The van der Waals surface area contributed by atoms with E-state index in [9.17, 15) is 0 Å². The minimum absolute atomic E-state index is 0.116. The van der Waals surface area contributed by atoms with Gasteiger partial charge in [-0.25, -0.2) is 0 Å². The fourth-order valence-corrected chi connectivity index (χ4v) is 11.5. The van der Waals surface area contributed by atoms with Gasteiger partial charge in [0.25, 0.3) is 0 Å². The number of fused-ring (bicyclic) bond motifs is 7. The molecule has 0 saturated heterocycles. The Morgan fingerprint density at radius 3 is 1.73 bits per heavy atom. The molecule has 1 nitrogen and oxygen atoms in total. The zero-order valence-corrected chi connectivity index (χ0v) is 36.0. The van der Waals surface area contributed by atoms with E-state index < -0.39 is 0 Å². The molecule has 298 valence electrons. The maximum atomic E-state index is 2.51. The second-order valence-electron chi connectivity index (χ2n) is 17.2. The van der Waals surface area contributed by atoms with E-state index in [2.05, 4.69) is 243 Å². The van der Waals surface area contributed by atoms with Crippen LogP contribution in [-0.2, 0) is 5.41 Å². The van der Waals surface area contributed by atoms with Crippen molar-refractivity contribution in [3.63, 3.8) is 0 Å². The molecule has 1 aromatic heterocycles. The van der Waals surface area contributed by atoms with Crippen molar-refractivity contribution in [3.8, 4) is 55.6 Å². The third-order valence-electron chi connectivity index (χ3n) is 13.3. The van der Waals surface area contributed by atoms with Gasteiger partial charge in [0.15, 0.2) is 0 Å². The Bertz CT molecular complexity index is 3550. The summed E-state index contributed by atoms with van der Waals surface area (Å²) < 4.78 is 2.62. The lowest BCUT2D eigenvalue weighted by Crippen LogP contribution is -2.15. The van der Waals surface area contributed by atoms with Crippen molar-refractivity contribution in [1.29, 1.82) is 0 Å². The molecule has 0 fully saturated rings. The molecule has 0 radical (unpaired) electrons. The predicted molar refractivity (Wildman–Crippen MR) is 271 cm³/mol. The van der Waals surface area contributed by atoms with Gasteiger partial charge in [0.1, 0.15) is 0 Å². The quantitative estimate of drug-likeness (QED) is 0.155. The Hall–Kier alpha value is -7.52. The lowest BCUT2D eigenvalue weighted by molar-refractivity contribution is 0.660. The molecule has 10 aromatic carbocycles. The van der Waals surface area contributed by atoms with Crippen LogP contribution in [-0.4, -0.2) is 0 Å². The SMILES string of the molecule is CC1(C)c2ccccc2-c2ccc(-c3ccccc3N(c3cccc(-c4cccc5sc6ccccc6c45)c3)c3ccccc3-c3cccc4cccc(-c5ccccc5)c34)cc21. The van der Waals surface area contributed by atoms with Gasteiger partial charge in [-0.1, -0.05) is 196 Å². The maximum absolute atomic E-state index is 2.51. The van der Waals surface area contributed by atoms with Crippen LogP contribution in [0.5, 0.6) is 0 Å². The molecule has 1 aliphatic carbocycles. The first-order valence-corrected chi connectivity index (χ1v) is 22.7.